The van der Waals surface area contributed by atoms with Crippen LogP contribution < -0.4 is 4.43 Å². The van der Waals surface area contributed by atoms with Gasteiger partial charge < -0.3 is 8.95 Å². The number of nitrogens with zero attached hydrogens (tertiary/aromatic N) is 1. The van der Waals surface area contributed by atoms with Gasteiger partial charge >= 0.3 is 0 Å². The Morgan fingerprint density at radius 2 is 1.81 bits per heavy atom. The highest BCUT2D eigenvalue weighted by Crippen LogP contribution is 2.55. The fourth-order valence-electron chi connectivity index (χ4n) is 4.94. The van der Waals surface area contributed by atoms with Crippen molar-refractivity contribution in [2.24, 2.45) is 0 Å². The van der Waals surface area contributed by atoms with Gasteiger partial charge in [-0.2, -0.15) is 0 Å². The minimum Gasteiger partial charge on any atom is -0.543 e. The molecule has 0 saturated carbocycles. The topological polar surface area (TPSA) is 52.3 Å². The van der Waals surface area contributed by atoms with E-state index in [0.29, 0.717) is 5.56 Å². The lowest BCUT2D eigenvalue weighted by Gasteiger charge is -2.41. The normalized spacial score (nSPS) is 20.0. The maximum absolute atomic E-state index is 14.3. The van der Waals surface area contributed by atoms with Crippen molar-refractivity contribution in [3.63, 3.8) is 0 Å². The Kier molecular flexibility index (Phi) is 4.58. The first-order chi connectivity index (χ1) is 15.1. The Bertz CT molecular complexity index is 1220. The number of carbonyl (C=O) groups excluding carboxylic acids is 1. The van der Waals surface area contributed by atoms with E-state index >= 15 is 0 Å². The summed E-state index contributed by atoms with van der Waals surface area (Å²) < 4.78 is 12.6. The van der Waals surface area contributed by atoms with Gasteiger partial charge in [-0.1, -0.05) is 67.9 Å². The Morgan fingerprint density at radius 1 is 1.09 bits per heavy atom. The van der Waals surface area contributed by atoms with Gasteiger partial charge in [0.2, 0.25) is 0 Å². The molecule has 0 fully saturated rings. The largest absolute Gasteiger partial charge is 0.543 e. The van der Waals surface area contributed by atoms with Crippen molar-refractivity contribution in [2.45, 2.75) is 70.5 Å². The molecule has 32 heavy (non-hydrogen) atoms. The van der Waals surface area contributed by atoms with E-state index in [4.69, 9.17) is 8.95 Å². The van der Waals surface area contributed by atoms with Crippen LogP contribution in [-0.4, -0.2) is 19.3 Å². The maximum Gasteiger partial charge on any atom is 0.250 e. The molecule has 2 aliphatic rings. The van der Waals surface area contributed by atoms with E-state index in [-0.39, 0.29) is 10.8 Å². The number of Topliss-reactive ketones (excluding diaryl/α,β-unsaturated/α-hetero) is 1. The van der Waals surface area contributed by atoms with Crippen LogP contribution in [0.3, 0.4) is 0 Å². The van der Waals surface area contributed by atoms with Crippen LogP contribution in [0.4, 0.5) is 0 Å². The number of aromatic nitrogens is 1. The molecular formula is C27H31NO3Si. The first-order valence-electron chi connectivity index (χ1n) is 11.5. The zero-order valence-corrected chi connectivity index (χ0v) is 20.8. The molecule has 3 aromatic rings. The van der Waals surface area contributed by atoms with Gasteiger partial charge in [0.1, 0.15) is 17.2 Å². The summed E-state index contributed by atoms with van der Waals surface area (Å²) >= 11 is 0. The number of benzene rings is 2. The quantitative estimate of drug-likeness (QED) is 0.414. The average Bonchev–Trinajstić information content (AvgIpc) is 3.16. The predicted molar refractivity (Wildman–Crippen MR) is 129 cm³/mol. The second-order valence-electron chi connectivity index (χ2n) is 10.8. The summed E-state index contributed by atoms with van der Waals surface area (Å²) in [4.78, 5) is 14.3. The molecule has 2 aliphatic carbocycles. The minimum absolute atomic E-state index is 0.0449. The lowest BCUT2D eigenvalue weighted by Crippen LogP contribution is -2.45. The predicted octanol–water partition coefficient (Wildman–Crippen LogP) is 6.85. The second kappa shape index (κ2) is 6.92. The highest BCUT2D eigenvalue weighted by atomic mass is 28.4. The van der Waals surface area contributed by atoms with Crippen LogP contribution >= 0.6 is 0 Å². The van der Waals surface area contributed by atoms with Crippen molar-refractivity contribution in [1.29, 1.82) is 0 Å². The standard InChI is InChI=1S/C27H31NO3Si/c1-17-12-14-18(15-13-17)27-16-8-11-21-23(27)24(28-30-21)22-19(25(27)29)9-7-10-20(22)31-32(5,6)26(2,3)4/h7,9-10,12-15H,8,11,16H2,1-6H3. The number of hydrogen-bond donors (Lipinski definition) is 0. The van der Waals surface area contributed by atoms with Gasteiger partial charge in [0.05, 0.1) is 11.0 Å². The van der Waals surface area contributed by atoms with E-state index < -0.39 is 13.7 Å². The van der Waals surface area contributed by atoms with Crippen LogP contribution in [-0.2, 0) is 11.8 Å². The van der Waals surface area contributed by atoms with E-state index in [1.54, 1.807) is 0 Å². The monoisotopic (exact) mass is 445 g/mol. The molecule has 0 spiro atoms. The average molecular weight is 446 g/mol. The van der Waals surface area contributed by atoms with Crippen molar-refractivity contribution in [2.75, 3.05) is 0 Å². The van der Waals surface area contributed by atoms with E-state index in [0.717, 1.165) is 53.2 Å². The Hall–Kier alpha value is -2.66. The van der Waals surface area contributed by atoms with E-state index in [1.807, 2.05) is 18.2 Å². The summed E-state index contributed by atoms with van der Waals surface area (Å²) in [6.07, 6.45) is 2.48. The highest BCUT2D eigenvalue weighted by Gasteiger charge is 2.53. The third-order valence-electron chi connectivity index (χ3n) is 7.76. The van der Waals surface area contributed by atoms with Crippen molar-refractivity contribution in [1.82, 2.24) is 5.16 Å². The lowest BCUT2D eigenvalue weighted by molar-refractivity contribution is 0.0893. The van der Waals surface area contributed by atoms with Gasteiger partial charge in [-0.3, -0.25) is 4.79 Å². The van der Waals surface area contributed by atoms with Crippen LogP contribution in [0.1, 0.15) is 66.4 Å². The molecule has 0 amide bonds. The molecule has 0 N–H and O–H groups in total. The fraction of sp³-hybridized carbons (Fsp3) is 0.407. The Balaban J connectivity index is 1.75. The zero-order valence-electron chi connectivity index (χ0n) is 19.8. The molecule has 2 aromatic carbocycles. The molecule has 0 saturated heterocycles. The Labute approximate surface area is 191 Å². The van der Waals surface area contributed by atoms with E-state index in [1.165, 1.54) is 5.56 Å². The molecule has 1 unspecified atom stereocenters. The first-order valence-corrected chi connectivity index (χ1v) is 14.4. The summed E-state index contributed by atoms with van der Waals surface area (Å²) in [6, 6.07) is 14.2. The first kappa shape index (κ1) is 21.2. The van der Waals surface area contributed by atoms with Gasteiger partial charge in [0, 0.05) is 17.5 Å². The Morgan fingerprint density at radius 3 is 2.50 bits per heavy atom. The third kappa shape index (κ3) is 2.87. The minimum atomic E-state index is -2.11. The highest BCUT2D eigenvalue weighted by molar-refractivity contribution is 6.74. The number of fused-ring (bicyclic) bond motifs is 2. The van der Waals surface area contributed by atoms with Crippen LogP contribution in [0.2, 0.25) is 18.1 Å². The van der Waals surface area contributed by atoms with Gasteiger partial charge in [0.15, 0.2) is 5.78 Å². The molecule has 1 aromatic heterocycles. The molecule has 166 valence electrons. The molecule has 0 bridgehead atoms. The van der Waals surface area contributed by atoms with Crippen molar-refractivity contribution < 1.29 is 13.7 Å². The van der Waals surface area contributed by atoms with Gasteiger partial charge in [0.25, 0.3) is 8.32 Å². The summed E-state index contributed by atoms with van der Waals surface area (Å²) in [5.41, 5.74) is 4.70. The fourth-order valence-corrected chi connectivity index (χ4v) is 5.96. The van der Waals surface area contributed by atoms with Crippen LogP contribution in [0, 0.1) is 6.92 Å². The second-order valence-corrected chi connectivity index (χ2v) is 15.5. The van der Waals surface area contributed by atoms with Crippen molar-refractivity contribution in [3.05, 3.63) is 70.5 Å². The zero-order chi connectivity index (χ0) is 22.9. The van der Waals surface area contributed by atoms with Crippen LogP contribution in [0.15, 0.2) is 47.0 Å². The molecule has 0 aliphatic heterocycles. The van der Waals surface area contributed by atoms with Gasteiger partial charge in [-0.05, 0) is 49.5 Å². The summed E-state index contributed by atoms with van der Waals surface area (Å²) in [7, 11) is -2.11. The number of carbonyl (C=O) groups is 1. The summed E-state index contributed by atoms with van der Waals surface area (Å²) in [5, 5.41) is 4.59. The number of rotatable bonds is 3. The van der Waals surface area contributed by atoms with Crippen LogP contribution in [0.5, 0.6) is 5.75 Å². The number of aryl methyl sites for hydroxylation is 2. The van der Waals surface area contributed by atoms with E-state index in [2.05, 4.69) is 70.2 Å². The molecule has 1 atom stereocenters. The number of hydrogen-bond acceptors (Lipinski definition) is 4. The van der Waals surface area contributed by atoms with Gasteiger partial charge in [-0.25, -0.2) is 0 Å². The van der Waals surface area contributed by atoms with Crippen molar-refractivity contribution in [3.8, 4) is 17.0 Å². The van der Waals surface area contributed by atoms with E-state index in [9.17, 15) is 4.79 Å². The smallest absolute Gasteiger partial charge is 0.250 e. The van der Waals surface area contributed by atoms with Crippen LogP contribution in [0.25, 0.3) is 11.3 Å². The SMILES string of the molecule is Cc1ccc(C23CCCc4onc(c42)-c2c(O[Si](C)(C)C(C)(C)C)cccc2C3=O)cc1. The number of ketones is 1. The molecule has 4 nitrogen and oxygen atoms in total. The third-order valence-corrected chi connectivity index (χ3v) is 12.1. The lowest BCUT2D eigenvalue weighted by atomic mass is 9.60. The molecule has 1 heterocycles. The van der Waals surface area contributed by atoms with Crippen molar-refractivity contribution >= 4 is 14.1 Å². The maximum atomic E-state index is 14.3. The summed E-state index contributed by atoms with van der Waals surface area (Å²) in [6.45, 7) is 13.2. The van der Waals surface area contributed by atoms with Gasteiger partial charge in [-0.15, -0.1) is 0 Å². The molecule has 5 rings (SSSR count). The molecule has 0 radical (unpaired) electrons. The molecular weight excluding hydrogens is 414 g/mol. The molecule has 5 heteroatoms. The summed E-state index contributed by atoms with van der Waals surface area (Å²) in [5.74, 6) is 1.73.